The molecule has 10 heteroatoms. The van der Waals surface area contributed by atoms with Gasteiger partial charge in [0.1, 0.15) is 0 Å². The van der Waals surface area contributed by atoms with Crippen molar-refractivity contribution in [3.8, 4) is 5.75 Å². The highest BCUT2D eigenvalue weighted by Crippen LogP contribution is 2.18. The molecule has 8 nitrogen and oxygen atoms in total. The molecular formula is C21H17BrFN3O5. The lowest BCUT2D eigenvalue weighted by Gasteiger charge is -2.15. The second-order valence-corrected chi connectivity index (χ2v) is 7.05. The van der Waals surface area contributed by atoms with Crippen LogP contribution in [0.2, 0.25) is 0 Å². The Morgan fingerprint density at radius 1 is 1.00 bits per heavy atom. The Morgan fingerprint density at radius 3 is 2.48 bits per heavy atom. The van der Waals surface area contributed by atoms with Crippen molar-refractivity contribution < 1.29 is 27.9 Å². The van der Waals surface area contributed by atoms with E-state index < -0.39 is 29.6 Å². The number of ether oxygens (including phenoxy) is 1. The van der Waals surface area contributed by atoms with Gasteiger partial charge in [0.2, 0.25) is 0 Å². The van der Waals surface area contributed by atoms with Gasteiger partial charge in [0.25, 0.3) is 17.7 Å². The number of carbonyl (C=O) groups excluding carboxylic acids is 3. The molecule has 3 aromatic rings. The number of benzene rings is 2. The number of hydrogen-bond donors (Lipinski definition) is 3. The van der Waals surface area contributed by atoms with Crippen LogP contribution in [0.4, 0.5) is 10.1 Å². The minimum Gasteiger partial charge on any atom is -0.478 e. The molecule has 1 unspecified atom stereocenters. The summed E-state index contributed by atoms with van der Waals surface area (Å²) in [5.74, 6) is -2.38. The largest absolute Gasteiger partial charge is 0.478 e. The van der Waals surface area contributed by atoms with E-state index >= 15 is 0 Å². The summed E-state index contributed by atoms with van der Waals surface area (Å²) >= 11 is 3.12. The fourth-order valence-corrected chi connectivity index (χ4v) is 2.75. The van der Waals surface area contributed by atoms with Crippen molar-refractivity contribution in [2.24, 2.45) is 0 Å². The number of rotatable bonds is 6. The predicted octanol–water partition coefficient (Wildman–Crippen LogP) is 3.66. The number of anilines is 1. The van der Waals surface area contributed by atoms with Gasteiger partial charge in [0.15, 0.2) is 28.1 Å². The highest BCUT2D eigenvalue weighted by molar-refractivity contribution is 9.10. The van der Waals surface area contributed by atoms with E-state index in [-0.39, 0.29) is 17.1 Å². The monoisotopic (exact) mass is 489 g/mol. The predicted molar refractivity (Wildman–Crippen MR) is 113 cm³/mol. The molecule has 0 fully saturated rings. The van der Waals surface area contributed by atoms with E-state index in [0.29, 0.717) is 10.4 Å². The van der Waals surface area contributed by atoms with E-state index in [1.165, 1.54) is 43.3 Å². The second kappa shape index (κ2) is 9.90. The number of para-hydroxylation sites is 1. The summed E-state index contributed by atoms with van der Waals surface area (Å²) < 4.78 is 24.5. The van der Waals surface area contributed by atoms with Gasteiger partial charge >= 0.3 is 0 Å². The number of amides is 3. The van der Waals surface area contributed by atoms with Gasteiger partial charge in [0.05, 0.1) is 0 Å². The lowest BCUT2D eigenvalue weighted by Crippen LogP contribution is -2.47. The summed E-state index contributed by atoms with van der Waals surface area (Å²) in [7, 11) is 0. The van der Waals surface area contributed by atoms with Gasteiger partial charge in [-0.1, -0.05) is 18.2 Å². The number of nitrogens with one attached hydrogen (secondary N) is 3. The quantitative estimate of drug-likeness (QED) is 0.457. The summed E-state index contributed by atoms with van der Waals surface area (Å²) in [4.78, 5) is 36.6. The van der Waals surface area contributed by atoms with E-state index in [1.54, 1.807) is 24.3 Å². The summed E-state index contributed by atoms with van der Waals surface area (Å²) in [6.45, 7) is 1.41. The first kappa shape index (κ1) is 22.0. The van der Waals surface area contributed by atoms with Crippen molar-refractivity contribution in [1.29, 1.82) is 0 Å². The maximum Gasteiger partial charge on any atom is 0.291 e. The van der Waals surface area contributed by atoms with Crippen LogP contribution in [0.5, 0.6) is 5.75 Å². The Bertz CT molecular complexity index is 1120. The zero-order valence-corrected chi connectivity index (χ0v) is 17.7. The fourth-order valence-electron chi connectivity index (χ4n) is 2.44. The molecule has 31 heavy (non-hydrogen) atoms. The van der Waals surface area contributed by atoms with Crippen LogP contribution in [0.1, 0.15) is 27.8 Å². The van der Waals surface area contributed by atoms with Crippen LogP contribution in [0, 0.1) is 5.82 Å². The molecule has 0 aliphatic rings. The molecule has 3 amide bonds. The maximum absolute atomic E-state index is 13.6. The maximum atomic E-state index is 13.6. The number of hydrogen-bond acceptors (Lipinski definition) is 5. The van der Waals surface area contributed by atoms with Crippen molar-refractivity contribution in [2.75, 3.05) is 5.32 Å². The molecule has 0 saturated heterocycles. The van der Waals surface area contributed by atoms with Crippen molar-refractivity contribution in [3.63, 3.8) is 0 Å². The van der Waals surface area contributed by atoms with E-state index in [2.05, 4.69) is 32.1 Å². The van der Waals surface area contributed by atoms with E-state index in [0.717, 1.165) is 0 Å². The average Bonchev–Trinajstić information content (AvgIpc) is 3.20. The van der Waals surface area contributed by atoms with Crippen molar-refractivity contribution in [2.45, 2.75) is 13.0 Å². The third kappa shape index (κ3) is 5.92. The minimum absolute atomic E-state index is 0.0801. The topological polar surface area (TPSA) is 110 Å². The normalized spacial score (nSPS) is 11.3. The summed E-state index contributed by atoms with van der Waals surface area (Å²) in [5.41, 5.74) is 5.00. The van der Waals surface area contributed by atoms with Crippen LogP contribution in [-0.4, -0.2) is 23.8 Å². The van der Waals surface area contributed by atoms with Gasteiger partial charge in [-0.15, -0.1) is 0 Å². The molecule has 3 N–H and O–H groups in total. The highest BCUT2D eigenvalue weighted by atomic mass is 79.9. The van der Waals surface area contributed by atoms with Gasteiger partial charge in [-0.2, -0.15) is 0 Å². The van der Waals surface area contributed by atoms with Crippen LogP contribution in [0.15, 0.2) is 69.8 Å². The molecule has 2 aromatic carbocycles. The zero-order chi connectivity index (χ0) is 22.4. The van der Waals surface area contributed by atoms with E-state index in [4.69, 9.17) is 9.15 Å². The molecule has 3 rings (SSSR count). The van der Waals surface area contributed by atoms with Gasteiger partial charge in [-0.25, -0.2) is 4.39 Å². The molecule has 1 aromatic heterocycles. The third-order valence-electron chi connectivity index (χ3n) is 3.99. The first-order chi connectivity index (χ1) is 14.8. The SMILES string of the molecule is CC(Oc1ccccc1F)C(=O)NNC(=O)c1cccc(NC(=O)c2ccc(Br)o2)c1. The Morgan fingerprint density at radius 2 is 1.77 bits per heavy atom. The zero-order valence-electron chi connectivity index (χ0n) is 16.1. The first-order valence-electron chi connectivity index (χ1n) is 9.01. The summed E-state index contributed by atoms with van der Waals surface area (Å²) in [6.07, 6.45) is -1.06. The lowest BCUT2D eigenvalue weighted by atomic mass is 10.2. The molecule has 1 heterocycles. The standard InChI is InChI=1S/C21H17BrFN3O5/c1-12(30-16-8-3-2-7-15(16)23)19(27)25-26-20(28)13-5-4-6-14(11-13)24-21(29)17-9-10-18(22)31-17/h2-12H,1H3,(H,24,29)(H,25,27)(H,26,28). The van der Waals surface area contributed by atoms with Crippen molar-refractivity contribution in [3.05, 3.63) is 82.5 Å². The van der Waals surface area contributed by atoms with E-state index in [9.17, 15) is 18.8 Å². The van der Waals surface area contributed by atoms with Gasteiger partial charge in [-0.3, -0.25) is 25.2 Å². The van der Waals surface area contributed by atoms with Gasteiger partial charge in [0, 0.05) is 11.3 Å². The van der Waals surface area contributed by atoms with Crippen LogP contribution in [0.25, 0.3) is 0 Å². The third-order valence-corrected chi connectivity index (χ3v) is 4.41. The Labute approximate surface area is 184 Å². The Kier molecular flexibility index (Phi) is 7.03. The molecule has 0 spiro atoms. The van der Waals surface area contributed by atoms with Gasteiger partial charge < -0.3 is 14.5 Å². The molecule has 0 aliphatic heterocycles. The molecule has 0 radical (unpaired) electrons. The molecule has 0 aliphatic carbocycles. The van der Waals surface area contributed by atoms with Crippen molar-refractivity contribution >= 4 is 39.3 Å². The molecule has 0 saturated carbocycles. The molecular weight excluding hydrogens is 473 g/mol. The Balaban J connectivity index is 1.55. The minimum atomic E-state index is -1.06. The van der Waals surface area contributed by atoms with Crippen molar-refractivity contribution in [1.82, 2.24) is 10.9 Å². The van der Waals surface area contributed by atoms with E-state index in [1.807, 2.05) is 0 Å². The average molecular weight is 490 g/mol. The van der Waals surface area contributed by atoms with Gasteiger partial charge in [-0.05, 0) is 65.3 Å². The first-order valence-corrected chi connectivity index (χ1v) is 9.81. The second-order valence-electron chi connectivity index (χ2n) is 6.27. The van der Waals surface area contributed by atoms with Crippen LogP contribution in [0.3, 0.4) is 0 Å². The molecule has 0 bridgehead atoms. The molecule has 160 valence electrons. The van der Waals surface area contributed by atoms with Crippen LogP contribution in [-0.2, 0) is 4.79 Å². The highest BCUT2D eigenvalue weighted by Gasteiger charge is 2.18. The lowest BCUT2D eigenvalue weighted by molar-refractivity contribution is -0.128. The number of halogens is 2. The fraction of sp³-hybridized carbons (Fsp3) is 0.0952. The summed E-state index contributed by atoms with van der Waals surface area (Å²) in [5, 5.41) is 2.61. The summed E-state index contributed by atoms with van der Waals surface area (Å²) in [6, 6.07) is 14.8. The molecule has 1 atom stereocenters. The smallest absolute Gasteiger partial charge is 0.291 e. The Hall–Kier alpha value is -3.66. The number of carbonyl (C=O) groups is 3. The number of hydrazine groups is 1. The van der Waals surface area contributed by atoms with Crippen LogP contribution >= 0.6 is 15.9 Å². The van der Waals surface area contributed by atoms with Crippen LogP contribution < -0.4 is 20.9 Å². The number of furan rings is 1.